The number of benzene rings is 1. The molecule has 2 aromatic heterocycles. The van der Waals surface area contributed by atoms with Crippen LogP contribution in [0.2, 0.25) is 5.02 Å². The summed E-state index contributed by atoms with van der Waals surface area (Å²) in [6.07, 6.45) is 4.43. The topological polar surface area (TPSA) is 110 Å². The minimum Gasteiger partial charge on any atom is -0.460 e. The summed E-state index contributed by atoms with van der Waals surface area (Å²) in [5.74, 6) is -0.388. The van der Waals surface area contributed by atoms with Gasteiger partial charge >= 0.3 is 6.01 Å². The number of piperidine rings is 1. The molecule has 2 N–H and O–H groups in total. The highest BCUT2D eigenvalue weighted by Crippen LogP contribution is 2.31. The van der Waals surface area contributed by atoms with Crippen LogP contribution < -0.4 is 20.3 Å². The summed E-state index contributed by atoms with van der Waals surface area (Å²) in [6, 6.07) is 7.34. The summed E-state index contributed by atoms with van der Waals surface area (Å²) in [4.78, 5) is 33.2. The normalized spacial score (nSPS) is 16.1. The Kier molecular flexibility index (Phi) is 5.67. The maximum Gasteiger partial charge on any atom is 0.318 e. The van der Waals surface area contributed by atoms with Gasteiger partial charge in [0.25, 0.3) is 5.91 Å². The molecule has 0 radical (unpaired) electrons. The summed E-state index contributed by atoms with van der Waals surface area (Å²) in [5, 5.41) is 0.661. The lowest BCUT2D eigenvalue weighted by Gasteiger charge is -2.32. The van der Waals surface area contributed by atoms with Gasteiger partial charge in [-0.05, 0) is 30.2 Å². The van der Waals surface area contributed by atoms with Crippen LogP contribution in [-0.2, 0) is 6.42 Å². The van der Waals surface area contributed by atoms with Crippen molar-refractivity contribution in [3.05, 3.63) is 58.9 Å². The fourth-order valence-corrected chi connectivity index (χ4v) is 4.32. The number of nitrogen functional groups attached to an aromatic ring is 1. The molecule has 0 saturated carbocycles. The van der Waals surface area contributed by atoms with Gasteiger partial charge in [-0.1, -0.05) is 11.6 Å². The monoisotopic (exact) mass is 469 g/mol. The molecule has 0 atom stereocenters. The molecule has 0 bridgehead atoms. The number of hydrogen-bond acceptors (Lipinski definition) is 8. The van der Waals surface area contributed by atoms with Crippen molar-refractivity contribution in [3.63, 3.8) is 0 Å². The zero-order valence-electron chi connectivity index (χ0n) is 17.6. The molecule has 2 aliphatic rings. The number of aromatic nitrogens is 4. The first kappa shape index (κ1) is 21.3. The number of rotatable bonds is 4. The molecule has 1 saturated heterocycles. The lowest BCUT2D eigenvalue weighted by atomic mass is 10.1. The van der Waals surface area contributed by atoms with Crippen molar-refractivity contribution in [1.29, 1.82) is 0 Å². The number of anilines is 3. The van der Waals surface area contributed by atoms with Crippen molar-refractivity contribution >= 4 is 34.8 Å². The molecule has 1 aromatic carbocycles. The van der Waals surface area contributed by atoms with Gasteiger partial charge in [0.15, 0.2) is 11.6 Å². The summed E-state index contributed by atoms with van der Waals surface area (Å²) in [7, 11) is 0. The van der Waals surface area contributed by atoms with E-state index in [1.54, 1.807) is 17.0 Å². The Morgan fingerprint density at radius 1 is 1.15 bits per heavy atom. The molecule has 5 rings (SSSR count). The van der Waals surface area contributed by atoms with Gasteiger partial charge in [-0.25, -0.2) is 19.3 Å². The largest absolute Gasteiger partial charge is 0.460 e. The number of halogens is 2. The van der Waals surface area contributed by atoms with Crippen molar-refractivity contribution < 1.29 is 13.9 Å². The maximum absolute atomic E-state index is 13.2. The van der Waals surface area contributed by atoms with Gasteiger partial charge in [0.05, 0.1) is 6.20 Å². The standard InChI is InChI=1S/C22H21ClFN7O2/c23-14-1-2-18-13(9-14)3-8-31(18)21(32)17-10-19(28-12-27-17)30-6-4-15(5-7-30)33-22-26-11-16(24)20(25)29-22/h1-2,9-12,15H,3-8H2,(H2,25,26,29). The third-order valence-corrected chi connectivity index (χ3v) is 6.08. The number of nitrogens with zero attached hydrogens (tertiary/aromatic N) is 6. The number of nitrogens with two attached hydrogens (primary N) is 1. The predicted octanol–water partition coefficient (Wildman–Crippen LogP) is 2.89. The average Bonchev–Trinajstić information content (AvgIpc) is 3.24. The number of carbonyl (C=O) groups is 1. The van der Waals surface area contributed by atoms with Crippen LogP contribution in [0.4, 0.5) is 21.7 Å². The molecule has 4 heterocycles. The Morgan fingerprint density at radius 2 is 1.97 bits per heavy atom. The van der Waals surface area contributed by atoms with Gasteiger partial charge in [-0.2, -0.15) is 4.98 Å². The number of ether oxygens (including phenoxy) is 1. The SMILES string of the molecule is Nc1nc(OC2CCN(c3cc(C(=O)N4CCc5cc(Cl)ccc54)ncn3)CC2)ncc1F. The maximum atomic E-state index is 13.2. The van der Waals surface area contributed by atoms with Crippen LogP contribution >= 0.6 is 11.6 Å². The third kappa shape index (κ3) is 4.38. The molecule has 1 amide bonds. The number of fused-ring (bicyclic) bond motifs is 1. The van der Waals surface area contributed by atoms with E-state index in [4.69, 9.17) is 22.1 Å². The van der Waals surface area contributed by atoms with E-state index in [2.05, 4.69) is 24.8 Å². The van der Waals surface area contributed by atoms with Gasteiger partial charge in [0.1, 0.15) is 23.9 Å². The van der Waals surface area contributed by atoms with Gasteiger partial charge < -0.3 is 20.3 Å². The van der Waals surface area contributed by atoms with Crippen molar-refractivity contribution in [2.75, 3.05) is 35.2 Å². The van der Waals surface area contributed by atoms with E-state index in [0.29, 0.717) is 49.0 Å². The van der Waals surface area contributed by atoms with E-state index in [0.717, 1.165) is 23.9 Å². The molecule has 0 unspecified atom stereocenters. The van der Waals surface area contributed by atoms with E-state index in [-0.39, 0.29) is 23.8 Å². The van der Waals surface area contributed by atoms with Gasteiger partial charge in [0, 0.05) is 49.3 Å². The molecule has 2 aliphatic heterocycles. The number of amides is 1. The number of hydrogen-bond donors (Lipinski definition) is 1. The van der Waals surface area contributed by atoms with Crippen molar-refractivity contribution in [2.45, 2.75) is 25.4 Å². The Balaban J connectivity index is 1.24. The zero-order valence-corrected chi connectivity index (χ0v) is 18.4. The summed E-state index contributed by atoms with van der Waals surface area (Å²) in [5.41, 5.74) is 7.74. The van der Waals surface area contributed by atoms with E-state index < -0.39 is 5.82 Å². The average molecular weight is 470 g/mol. The van der Waals surface area contributed by atoms with Gasteiger partial charge in [0.2, 0.25) is 0 Å². The zero-order chi connectivity index (χ0) is 22.9. The van der Waals surface area contributed by atoms with Gasteiger partial charge in [-0.15, -0.1) is 0 Å². The van der Waals surface area contributed by atoms with Crippen molar-refractivity contribution in [2.24, 2.45) is 0 Å². The quantitative estimate of drug-likeness (QED) is 0.621. The lowest BCUT2D eigenvalue weighted by molar-refractivity contribution is 0.0984. The van der Waals surface area contributed by atoms with E-state index >= 15 is 0 Å². The van der Waals surface area contributed by atoms with Crippen LogP contribution in [0.25, 0.3) is 0 Å². The second-order valence-electron chi connectivity index (χ2n) is 7.93. The fourth-order valence-electron chi connectivity index (χ4n) is 4.13. The van der Waals surface area contributed by atoms with Crippen LogP contribution in [0.1, 0.15) is 28.9 Å². The first-order valence-electron chi connectivity index (χ1n) is 10.6. The molecule has 1 fully saturated rings. The van der Waals surface area contributed by atoms with Crippen LogP contribution in [-0.4, -0.2) is 51.6 Å². The van der Waals surface area contributed by atoms with E-state index in [1.165, 1.54) is 6.33 Å². The van der Waals surface area contributed by atoms with E-state index in [9.17, 15) is 9.18 Å². The molecular weight excluding hydrogens is 449 g/mol. The lowest BCUT2D eigenvalue weighted by Crippen LogP contribution is -2.39. The first-order valence-corrected chi connectivity index (χ1v) is 11.0. The molecule has 33 heavy (non-hydrogen) atoms. The number of carbonyl (C=O) groups excluding carboxylic acids is 1. The van der Waals surface area contributed by atoms with Crippen molar-refractivity contribution in [3.8, 4) is 6.01 Å². The fraction of sp³-hybridized carbons (Fsp3) is 0.318. The highest BCUT2D eigenvalue weighted by molar-refractivity contribution is 6.30. The second-order valence-corrected chi connectivity index (χ2v) is 8.37. The van der Waals surface area contributed by atoms with E-state index in [1.807, 2.05) is 12.1 Å². The van der Waals surface area contributed by atoms with Crippen LogP contribution in [0.3, 0.4) is 0 Å². The van der Waals surface area contributed by atoms with Crippen LogP contribution in [0.5, 0.6) is 6.01 Å². The summed E-state index contributed by atoms with van der Waals surface area (Å²) in [6.45, 7) is 1.92. The first-order chi connectivity index (χ1) is 16.0. The molecule has 0 aliphatic carbocycles. The molecule has 3 aromatic rings. The molecule has 11 heteroatoms. The second kappa shape index (κ2) is 8.78. The Bertz CT molecular complexity index is 1200. The minimum atomic E-state index is -0.674. The molecule has 0 spiro atoms. The van der Waals surface area contributed by atoms with Crippen LogP contribution in [0.15, 0.2) is 36.8 Å². The Morgan fingerprint density at radius 3 is 2.76 bits per heavy atom. The summed E-state index contributed by atoms with van der Waals surface area (Å²) < 4.78 is 19.0. The smallest absolute Gasteiger partial charge is 0.318 e. The van der Waals surface area contributed by atoms with Crippen molar-refractivity contribution in [1.82, 2.24) is 19.9 Å². The molecule has 170 valence electrons. The summed E-state index contributed by atoms with van der Waals surface area (Å²) >= 11 is 6.08. The highest BCUT2D eigenvalue weighted by Gasteiger charge is 2.28. The highest BCUT2D eigenvalue weighted by atomic mass is 35.5. The predicted molar refractivity (Wildman–Crippen MR) is 121 cm³/mol. The molecular formula is C22H21ClFN7O2. The molecule has 9 nitrogen and oxygen atoms in total. The Hall–Kier alpha value is -3.53. The third-order valence-electron chi connectivity index (χ3n) is 5.84. The van der Waals surface area contributed by atoms with Gasteiger partial charge in [-0.3, -0.25) is 4.79 Å². The van der Waals surface area contributed by atoms with Crippen LogP contribution in [0, 0.1) is 5.82 Å². The minimum absolute atomic E-state index is 0.0643. The Labute approximate surface area is 194 Å².